The molecule has 10 heteroatoms. The molecule has 1 saturated heterocycles. The number of aliphatic carboxylic acids is 1. The second-order valence-corrected chi connectivity index (χ2v) is 8.22. The summed E-state index contributed by atoms with van der Waals surface area (Å²) in [6.45, 7) is 2.87. The van der Waals surface area contributed by atoms with Crippen molar-refractivity contribution in [2.24, 2.45) is 0 Å². The largest absolute Gasteiger partial charge is 0.493 e. The van der Waals surface area contributed by atoms with E-state index >= 15 is 0 Å². The number of ether oxygens (including phenoxy) is 2. The van der Waals surface area contributed by atoms with Crippen LogP contribution in [0.25, 0.3) is 6.08 Å². The molecule has 0 spiro atoms. The number of nitrogens with zero attached hydrogens (tertiary/aromatic N) is 1. The minimum atomic E-state index is -1.13. The highest BCUT2D eigenvalue weighted by atomic mass is 32.2. The zero-order valence-electron chi connectivity index (χ0n) is 18.2. The minimum Gasteiger partial charge on any atom is -0.493 e. The molecular weight excluding hydrogens is 448 g/mol. The molecule has 0 atom stereocenters. The molecule has 0 bridgehead atoms. The van der Waals surface area contributed by atoms with E-state index in [1.54, 1.807) is 18.2 Å². The van der Waals surface area contributed by atoms with Crippen LogP contribution >= 0.6 is 11.8 Å². The summed E-state index contributed by atoms with van der Waals surface area (Å²) in [6, 6.07) is 10.2. The Hall–Kier alpha value is -3.79. The molecule has 33 heavy (non-hydrogen) atoms. The number of methoxy groups -OCH3 is 1. The molecule has 0 radical (unpaired) electrons. The van der Waals surface area contributed by atoms with Gasteiger partial charge in [-0.3, -0.25) is 19.3 Å². The second-order valence-electron chi connectivity index (χ2n) is 7.23. The topological polar surface area (TPSA) is 122 Å². The zero-order valence-corrected chi connectivity index (χ0v) is 19.0. The van der Waals surface area contributed by atoms with Crippen molar-refractivity contribution in [1.82, 2.24) is 4.90 Å². The third kappa shape index (κ3) is 5.92. The summed E-state index contributed by atoms with van der Waals surface area (Å²) < 4.78 is 10.4. The predicted molar refractivity (Wildman–Crippen MR) is 123 cm³/mol. The van der Waals surface area contributed by atoms with E-state index in [4.69, 9.17) is 14.6 Å². The fourth-order valence-electron chi connectivity index (χ4n) is 3.11. The maximum absolute atomic E-state index is 12.7. The van der Waals surface area contributed by atoms with Crippen molar-refractivity contribution in [3.63, 3.8) is 0 Å². The number of rotatable bonds is 8. The first-order valence-electron chi connectivity index (χ1n) is 9.83. The van der Waals surface area contributed by atoms with Gasteiger partial charge in [0.1, 0.15) is 6.54 Å². The standard InChI is InChI=1S/C23H22N2O7S/c1-13-4-6-16(14(2)8-13)24-20(26)11-25-22(29)19(33-23(25)30)10-15-5-7-17(18(9-15)31-3)32-12-21(27)28/h4-10H,11-12H2,1-3H3,(H,24,26)(H,27,28)/b19-10+. The number of carbonyl (C=O) groups is 4. The number of carboxylic acid groups (broad SMARTS) is 1. The summed E-state index contributed by atoms with van der Waals surface area (Å²) in [7, 11) is 1.40. The van der Waals surface area contributed by atoms with E-state index in [9.17, 15) is 19.2 Å². The number of imide groups is 1. The number of thioether (sulfide) groups is 1. The molecule has 2 aromatic carbocycles. The van der Waals surface area contributed by atoms with Crippen LogP contribution in [0.1, 0.15) is 16.7 Å². The molecule has 0 aliphatic carbocycles. The Morgan fingerprint density at radius 1 is 1.12 bits per heavy atom. The average molecular weight is 471 g/mol. The molecule has 1 fully saturated rings. The summed E-state index contributed by atoms with van der Waals surface area (Å²) in [5, 5.41) is 10.9. The number of hydrogen-bond acceptors (Lipinski definition) is 7. The summed E-state index contributed by atoms with van der Waals surface area (Å²) in [5.41, 5.74) is 3.09. The van der Waals surface area contributed by atoms with Crippen LogP contribution < -0.4 is 14.8 Å². The lowest BCUT2D eigenvalue weighted by atomic mass is 10.1. The maximum atomic E-state index is 12.7. The molecule has 3 rings (SSSR count). The second kappa shape index (κ2) is 10.2. The van der Waals surface area contributed by atoms with Crippen LogP contribution in [0.5, 0.6) is 11.5 Å². The van der Waals surface area contributed by atoms with Crippen molar-refractivity contribution < 1.29 is 33.8 Å². The Morgan fingerprint density at radius 2 is 1.88 bits per heavy atom. The number of nitrogens with one attached hydrogen (secondary N) is 1. The first kappa shape index (κ1) is 23.9. The monoisotopic (exact) mass is 470 g/mol. The molecule has 0 saturated carbocycles. The Bertz CT molecular complexity index is 1160. The van der Waals surface area contributed by atoms with E-state index in [1.807, 2.05) is 26.0 Å². The average Bonchev–Trinajstić information content (AvgIpc) is 3.01. The molecule has 2 N–H and O–H groups in total. The molecular formula is C23H22N2O7S. The number of aryl methyl sites for hydroxylation is 2. The molecule has 3 amide bonds. The van der Waals surface area contributed by atoms with Gasteiger partial charge in [0.25, 0.3) is 11.1 Å². The van der Waals surface area contributed by atoms with Crippen LogP contribution in [0.2, 0.25) is 0 Å². The van der Waals surface area contributed by atoms with Gasteiger partial charge in [-0.05, 0) is 61.0 Å². The van der Waals surface area contributed by atoms with Crippen LogP contribution in [0.15, 0.2) is 41.3 Å². The van der Waals surface area contributed by atoms with Gasteiger partial charge in [-0.2, -0.15) is 0 Å². The van der Waals surface area contributed by atoms with Crippen molar-refractivity contribution in [1.29, 1.82) is 0 Å². The summed E-state index contributed by atoms with van der Waals surface area (Å²) in [6.07, 6.45) is 1.50. The maximum Gasteiger partial charge on any atom is 0.341 e. The van der Waals surface area contributed by atoms with E-state index in [2.05, 4.69) is 5.32 Å². The van der Waals surface area contributed by atoms with Crippen LogP contribution in [0, 0.1) is 13.8 Å². The number of carbonyl (C=O) groups excluding carboxylic acids is 3. The van der Waals surface area contributed by atoms with Crippen LogP contribution in [-0.4, -0.2) is 53.3 Å². The number of amides is 3. The van der Waals surface area contributed by atoms with Gasteiger partial charge in [-0.15, -0.1) is 0 Å². The summed E-state index contributed by atoms with van der Waals surface area (Å²) >= 11 is 0.731. The van der Waals surface area contributed by atoms with Gasteiger partial charge >= 0.3 is 5.97 Å². The molecule has 2 aromatic rings. The molecule has 1 aliphatic heterocycles. The van der Waals surface area contributed by atoms with Gasteiger partial charge in [0.2, 0.25) is 5.91 Å². The Labute approximate surface area is 194 Å². The fraction of sp³-hybridized carbons (Fsp3) is 0.217. The predicted octanol–water partition coefficient (Wildman–Crippen LogP) is 3.45. The van der Waals surface area contributed by atoms with Gasteiger partial charge in [-0.25, -0.2) is 4.79 Å². The quantitative estimate of drug-likeness (QED) is 0.563. The van der Waals surface area contributed by atoms with Gasteiger partial charge in [-0.1, -0.05) is 23.8 Å². The van der Waals surface area contributed by atoms with Crippen molar-refractivity contribution in [2.45, 2.75) is 13.8 Å². The number of hydrogen-bond donors (Lipinski definition) is 2. The van der Waals surface area contributed by atoms with E-state index in [0.717, 1.165) is 27.8 Å². The van der Waals surface area contributed by atoms with E-state index in [1.165, 1.54) is 19.3 Å². The number of benzene rings is 2. The van der Waals surface area contributed by atoms with E-state index in [0.29, 0.717) is 11.3 Å². The lowest BCUT2D eigenvalue weighted by Gasteiger charge is -2.14. The number of carboxylic acids is 1. The fourth-order valence-corrected chi connectivity index (χ4v) is 3.95. The van der Waals surface area contributed by atoms with Crippen molar-refractivity contribution >= 4 is 46.5 Å². The lowest BCUT2D eigenvalue weighted by Crippen LogP contribution is -2.36. The highest BCUT2D eigenvalue weighted by molar-refractivity contribution is 8.18. The molecule has 172 valence electrons. The van der Waals surface area contributed by atoms with Crippen LogP contribution in [0.4, 0.5) is 10.5 Å². The van der Waals surface area contributed by atoms with Crippen molar-refractivity contribution in [3.05, 3.63) is 58.0 Å². The van der Waals surface area contributed by atoms with Gasteiger partial charge in [0, 0.05) is 5.69 Å². The first-order chi connectivity index (χ1) is 15.7. The molecule has 0 aromatic heterocycles. The van der Waals surface area contributed by atoms with E-state index in [-0.39, 0.29) is 16.4 Å². The first-order valence-corrected chi connectivity index (χ1v) is 10.6. The lowest BCUT2D eigenvalue weighted by molar-refractivity contribution is -0.139. The van der Waals surface area contributed by atoms with E-state index < -0.39 is 36.2 Å². The Morgan fingerprint density at radius 3 is 2.55 bits per heavy atom. The molecule has 1 heterocycles. The Kier molecular flexibility index (Phi) is 7.39. The summed E-state index contributed by atoms with van der Waals surface area (Å²) in [4.78, 5) is 49.3. The SMILES string of the molecule is COc1cc(/C=C2/SC(=O)N(CC(=O)Nc3ccc(C)cc3C)C2=O)ccc1OCC(=O)O. The highest BCUT2D eigenvalue weighted by Crippen LogP contribution is 2.34. The Balaban J connectivity index is 1.71. The molecule has 9 nitrogen and oxygen atoms in total. The van der Waals surface area contributed by atoms with Gasteiger partial charge in [0.05, 0.1) is 12.0 Å². The minimum absolute atomic E-state index is 0.153. The van der Waals surface area contributed by atoms with Crippen LogP contribution in [0.3, 0.4) is 0 Å². The van der Waals surface area contributed by atoms with Crippen molar-refractivity contribution in [2.75, 3.05) is 25.6 Å². The highest BCUT2D eigenvalue weighted by Gasteiger charge is 2.36. The zero-order chi connectivity index (χ0) is 24.1. The smallest absolute Gasteiger partial charge is 0.341 e. The number of anilines is 1. The molecule has 0 unspecified atom stereocenters. The van der Waals surface area contributed by atoms with Crippen molar-refractivity contribution in [3.8, 4) is 11.5 Å². The van der Waals surface area contributed by atoms with Gasteiger partial charge < -0.3 is 19.9 Å². The third-order valence-corrected chi connectivity index (χ3v) is 5.58. The normalized spacial score (nSPS) is 14.5. The van der Waals surface area contributed by atoms with Gasteiger partial charge in [0.15, 0.2) is 18.1 Å². The van der Waals surface area contributed by atoms with Crippen LogP contribution in [-0.2, 0) is 14.4 Å². The molecule has 1 aliphatic rings. The summed E-state index contributed by atoms with van der Waals surface area (Å²) in [5.74, 6) is -1.68. The third-order valence-electron chi connectivity index (χ3n) is 4.67.